The Bertz CT molecular complexity index is 944. The van der Waals surface area contributed by atoms with Crippen molar-refractivity contribution in [2.75, 3.05) is 20.2 Å². The maximum atomic E-state index is 12.6. The Balaban J connectivity index is 1.38. The number of carbonyl (C=O) groups is 1. The lowest BCUT2D eigenvalue weighted by Crippen LogP contribution is -2.56. The van der Waals surface area contributed by atoms with E-state index in [1.807, 2.05) is 64.9 Å². The molecule has 26 heavy (non-hydrogen) atoms. The van der Waals surface area contributed by atoms with E-state index in [9.17, 15) is 4.79 Å². The van der Waals surface area contributed by atoms with Gasteiger partial charge in [0, 0.05) is 6.20 Å². The first-order valence-electron chi connectivity index (χ1n) is 8.65. The number of carbonyl (C=O) groups excluding carboxylic acids is 1. The topological polar surface area (TPSA) is 56.1 Å². The highest BCUT2D eigenvalue weighted by molar-refractivity contribution is 5.80. The molecule has 3 aromatic rings. The number of nitrogens with zero attached hydrogens (tertiary/aromatic N) is 3. The Morgan fingerprint density at radius 3 is 2.65 bits per heavy atom. The zero-order chi connectivity index (χ0) is 18.1. The average molecular weight is 351 g/mol. The van der Waals surface area contributed by atoms with Crippen molar-refractivity contribution in [3.63, 3.8) is 0 Å². The van der Waals surface area contributed by atoms with E-state index in [1.165, 1.54) is 0 Å². The predicted molar refractivity (Wildman–Crippen MR) is 97.6 cm³/mol. The molecular weight excluding hydrogens is 330 g/mol. The quantitative estimate of drug-likeness (QED) is 0.709. The highest BCUT2D eigenvalue weighted by Gasteiger charge is 2.33. The first-order valence-corrected chi connectivity index (χ1v) is 8.65. The molecule has 1 aliphatic heterocycles. The summed E-state index contributed by atoms with van der Waals surface area (Å²) < 4.78 is 13.2. The van der Waals surface area contributed by atoms with Crippen LogP contribution < -0.4 is 9.47 Å². The van der Waals surface area contributed by atoms with Crippen LogP contribution in [0.25, 0.3) is 5.65 Å². The number of hydrogen-bond donors (Lipinski definition) is 0. The summed E-state index contributed by atoms with van der Waals surface area (Å²) in [6, 6.07) is 13.4. The molecule has 2 aromatic heterocycles. The minimum absolute atomic E-state index is 0.00136. The standard InChI is InChI=1S/C20H21N3O3/c1-14-16(23-10-6-5-9-19(23)21-14)11-20(24)22-12-15(13-22)26-18-8-4-3-7-17(18)25-2/h3-10,15H,11-13H2,1-2H3. The van der Waals surface area contributed by atoms with Gasteiger partial charge in [0.1, 0.15) is 11.8 Å². The number of aryl methyl sites for hydroxylation is 1. The summed E-state index contributed by atoms with van der Waals surface area (Å²) in [6.45, 7) is 3.12. The van der Waals surface area contributed by atoms with Gasteiger partial charge >= 0.3 is 0 Å². The summed E-state index contributed by atoms with van der Waals surface area (Å²) in [4.78, 5) is 18.9. The molecule has 1 aliphatic rings. The average Bonchev–Trinajstić information content (AvgIpc) is 2.93. The number of amides is 1. The number of methoxy groups -OCH3 is 1. The first-order chi connectivity index (χ1) is 12.7. The van der Waals surface area contributed by atoms with E-state index in [0.29, 0.717) is 31.0 Å². The Labute approximate surface area is 152 Å². The van der Waals surface area contributed by atoms with Crippen LogP contribution in [0.5, 0.6) is 11.5 Å². The third-order valence-electron chi connectivity index (χ3n) is 4.71. The van der Waals surface area contributed by atoms with E-state index < -0.39 is 0 Å². The predicted octanol–water partition coefficient (Wildman–Crippen LogP) is 2.48. The Kier molecular flexibility index (Phi) is 4.24. The van der Waals surface area contributed by atoms with Crippen molar-refractivity contribution in [1.29, 1.82) is 0 Å². The lowest BCUT2D eigenvalue weighted by molar-refractivity contribution is -0.139. The number of aromatic nitrogens is 2. The van der Waals surface area contributed by atoms with Gasteiger partial charge in [-0.2, -0.15) is 0 Å². The lowest BCUT2D eigenvalue weighted by atomic mass is 10.1. The van der Waals surface area contributed by atoms with E-state index in [0.717, 1.165) is 17.0 Å². The van der Waals surface area contributed by atoms with Gasteiger partial charge < -0.3 is 18.8 Å². The first kappa shape index (κ1) is 16.4. The molecule has 0 atom stereocenters. The number of imidazole rings is 1. The van der Waals surface area contributed by atoms with Crippen LogP contribution in [0.15, 0.2) is 48.7 Å². The Hall–Kier alpha value is -3.02. The van der Waals surface area contributed by atoms with E-state index >= 15 is 0 Å². The van der Waals surface area contributed by atoms with Gasteiger partial charge in [0.25, 0.3) is 0 Å². The maximum Gasteiger partial charge on any atom is 0.228 e. The van der Waals surface area contributed by atoms with Crippen LogP contribution in [-0.4, -0.2) is 46.5 Å². The fourth-order valence-electron chi connectivity index (χ4n) is 3.24. The molecule has 0 saturated carbocycles. The fourth-order valence-corrected chi connectivity index (χ4v) is 3.24. The second kappa shape index (κ2) is 6.71. The van der Waals surface area contributed by atoms with E-state index in [-0.39, 0.29) is 12.0 Å². The van der Waals surface area contributed by atoms with Gasteiger partial charge in [0.15, 0.2) is 11.5 Å². The summed E-state index contributed by atoms with van der Waals surface area (Å²) in [5.41, 5.74) is 2.71. The minimum Gasteiger partial charge on any atom is -0.493 e. The van der Waals surface area contributed by atoms with Crippen molar-refractivity contribution in [2.45, 2.75) is 19.4 Å². The third kappa shape index (κ3) is 2.98. The molecule has 1 fully saturated rings. The van der Waals surface area contributed by atoms with Crippen LogP contribution in [0.2, 0.25) is 0 Å². The second-order valence-electron chi connectivity index (χ2n) is 6.44. The molecule has 4 rings (SSSR count). The molecule has 0 aliphatic carbocycles. The number of ether oxygens (including phenoxy) is 2. The summed E-state index contributed by atoms with van der Waals surface area (Å²) in [7, 11) is 1.62. The van der Waals surface area contributed by atoms with Gasteiger partial charge in [-0.3, -0.25) is 4.79 Å². The molecule has 3 heterocycles. The lowest BCUT2D eigenvalue weighted by Gasteiger charge is -2.39. The summed E-state index contributed by atoms with van der Waals surface area (Å²) in [5, 5.41) is 0. The minimum atomic E-state index is -0.00136. The zero-order valence-corrected chi connectivity index (χ0v) is 14.9. The van der Waals surface area contributed by atoms with E-state index in [4.69, 9.17) is 9.47 Å². The number of pyridine rings is 1. The van der Waals surface area contributed by atoms with Crippen molar-refractivity contribution in [3.8, 4) is 11.5 Å². The molecule has 0 N–H and O–H groups in total. The number of likely N-dealkylation sites (tertiary alicyclic amines) is 1. The number of para-hydroxylation sites is 2. The Morgan fingerprint density at radius 2 is 1.88 bits per heavy atom. The second-order valence-corrected chi connectivity index (χ2v) is 6.44. The molecule has 0 bridgehead atoms. The van der Waals surface area contributed by atoms with Crippen molar-refractivity contribution < 1.29 is 14.3 Å². The number of benzene rings is 1. The molecule has 0 radical (unpaired) electrons. The van der Waals surface area contributed by atoms with Crippen molar-refractivity contribution in [1.82, 2.24) is 14.3 Å². The van der Waals surface area contributed by atoms with Gasteiger partial charge in [0.2, 0.25) is 5.91 Å². The van der Waals surface area contributed by atoms with Gasteiger partial charge in [-0.25, -0.2) is 4.98 Å². The Morgan fingerprint density at radius 1 is 1.15 bits per heavy atom. The molecule has 6 nitrogen and oxygen atoms in total. The monoisotopic (exact) mass is 351 g/mol. The fraction of sp³-hybridized carbons (Fsp3) is 0.300. The molecule has 134 valence electrons. The highest BCUT2D eigenvalue weighted by atomic mass is 16.5. The van der Waals surface area contributed by atoms with E-state index in [2.05, 4.69) is 4.98 Å². The molecule has 1 saturated heterocycles. The summed E-state index contributed by atoms with van der Waals surface area (Å²) in [6.07, 6.45) is 2.29. The summed E-state index contributed by atoms with van der Waals surface area (Å²) >= 11 is 0. The third-order valence-corrected chi connectivity index (χ3v) is 4.71. The van der Waals surface area contributed by atoms with Crippen LogP contribution in [0.3, 0.4) is 0 Å². The van der Waals surface area contributed by atoms with Crippen LogP contribution >= 0.6 is 0 Å². The van der Waals surface area contributed by atoms with Crippen LogP contribution in [0.1, 0.15) is 11.4 Å². The molecule has 1 amide bonds. The number of fused-ring (bicyclic) bond motifs is 1. The largest absolute Gasteiger partial charge is 0.493 e. The van der Waals surface area contributed by atoms with Crippen molar-refractivity contribution in [2.24, 2.45) is 0 Å². The molecular formula is C20H21N3O3. The molecule has 0 spiro atoms. The van der Waals surface area contributed by atoms with Crippen molar-refractivity contribution >= 4 is 11.6 Å². The van der Waals surface area contributed by atoms with Gasteiger partial charge in [-0.05, 0) is 31.2 Å². The van der Waals surface area contributed by atoms with Gasteiger partial charge in [0.05, 0.1) is 38.0 Å². The van der Waals surface area contributed by atoms with E-state index in [1.54, 1.807) is 7.11 Å². The highest BCUT2D eigenvalue weighted by Crippen LogP contribution is 2.28. The maximum absolute atomic E-state index is 12.6. The molecule has 6 heteroatoms. The number of hydrogen-bond acceptors (Lipinski definition) is 4. The smallest absolute Gasteiger partial charge is 0.228 e. The molecule has 1 aromatic carbocycles. The van der Waals surface area contributed by atoms with Crippen molar-refractivity contribution in [3.05, 3.63) is 60.0 Å². The normalized spacial score (nSPS) is 14.3. The zero-order valence-electron chi connectivity index (χ0n) is 14.9. The van der Waals surface area contributed by atoms with Gasteiger partial charge in [-0.1, -0.05) is 18.2 Å². The molecule has 0 unspecified atom stereocenters. The van der Waals surface area contributed by atoms with Crippen LogP contribution in [0, 0.1) is 6.92 Å². The van der Waals surface area contributed by atoms with Gasteiger partial charge in [-0.15, -0.1) is 0 Å². The van der Waals surface area contributed by atoms with Crippen LogP contribution in [0.4, 0.5) is 0 Å². The number of rotatable bonds is 5. The summed E-state index contributed by atoms with van der Waals surface area (Å²) in [5.74, 6) is 1.52. The SMILES string of the molecule is COc1ccccc1OC1CN(C(=O)Cc2c(C)nc3ccccn23)C1. The van der Waals surface area contributed by atoms with Crippen LogP contribution in [-0.2, 0) is 11.2 Å².